The quantitative estimate of drug-likeness (QED) is 0.269. The minimum atomic E-state index is -3.67. The van der Waals surface area contributed by atoms with E-state index in [2.05, 4.69) is 4.72 Å². The number of anilines is 1. The van der Waals surface area contributed by atoms with Crippen LogP contribution >= 0.6 is 0 Å². The number of methoxy groups -OCH3 is 1. The van der Waals surface area contributed by atoms with Crippen LogP contribution < -0.4 is 9.46 Å². The van der Waals surface area contributed by atoms with Gasteiger partial charge in [-0.2, -0.15) is 0 Å². The number of carbonyl (C=O) groups excluding carboxylic acids is 1. The van der Waals surface area contributed by atoms with Gasteiger partial charge < -0.3 is 14.6 Å². The van der Waals surface area contributed by atoms with E-state index in [1.54, 1.807) is 36.4 Å². The van der Waals surface area contributed by atoms with Crippen molar-refractivity contribution < 1.29 is 27.8 Å². The summed E-state index contributed by atoms with van der Waals surface area (Å²) in [5.41, 5.74) is 2.22. The molecule has 186 valence electrons. The second kappa shape index (κ2) is 12.9. The number of aliphatic hydroxyl groups excluding tert-OH is 1. The normalized spacial score (nSPS) is 12.1. The number of ether oxygens (including phenoxy) is 2. The van der Waals surface area contributed by atoms with Gasteiger partial charge in [0.05, 0.1) is 24.7 Å². The Hall–Kier alpha value is -3.36. The monoisotopic (exact) mass is 497 g/mol. The van der Waals surface area contributed by atoms with Gasteiger partial charge in [-0.15, -0.1) is 0 Å². The highest BCUT2D eigenvalue weighted by Crippen LogP contribution is 2.21. The summed E-state index contributed by atoms with van der Waals surface area (Å²) in [4.78, 5) is 11.6. The van der Waals surface area contributed by atoms with Crippen molar-refractivity contribution in [2.45, 2.75) is 43.1 Å². The lowest BCUT2D eigenvalue weighted by molar-refractivity contribution is -0.140. The van der Waals surface area contributed by atoms with Crippen LogP contribution in [0.3, 0.4) is 0 Å². The number of sulfonamides is 1. The molecular formula is C27H31NO6S. The molecule has 3 rings (SSSR count). The number of benzene rings is 3. The van der Waals surface area contributed by atoms with Crippen LogP contribution in [0.15, 0.2) is 83.8 Å². The molecule has 0 spiro atoms. The van der Waals surface area contributed by atoms with Crippen molar-refractivity contribution >= 4 is 21.7 Å². The molecule has 1 unspecified atom stereocenters. The number of carbonyl (C=O) groups is 1. The molecule has 7 nitrogen and oxygen atoms in total. The number of hydrogen-bond acceptors (Lipinski definition) is 6. The number of para-hydroxylation sites is 1. The summed E-state index contributed by atoms with van der Waals surface area (Å²) in [5.74, 6) is 0.462. The summed E-state index contributed by atoms with van der Waals surface area (Å²) < 4.78 is 38.2. The van der Waals surface area contributed by atoms with Crippen molar-refractivity contribution in [1.29, 1.82) is 0 Å². The maximum absolute atomic E-state index is 12.5. The average Bonchev–Trinajstić information content (AvgIpc) is 2.86. The summed E-state index contributed by atoms with van der Waals surface area (Å²) in [6, 6.07) is 22.8. The number of aryl methyl sites for hydroxylation is 1. The van der Waals surface area contributed by atoms with Crippen molar-refractivity contribution in [3.05, 3.63) is 90.0 Å². The molecule has 0 aliphatic heterocycles. The van der Waals surface area contributed by atoms with Crippen molar-refractivity contribution in [2.75, 3.05) is 18.4 Å². The molecule has 1 atom stereocenters. The Balaban J connectivity index is 1.47. The fraction of sp³-hybridized carbons (Fsp3) is 0.296. The second-order valence-electron chi connectivity index (χ2n) is 8.15. The molecule has 0 aliphatic carbocycles. The molecule has 0 aliphatic rings. The highest BCUT2D eigenvalue weighted by molar-refractivity contribution is 7.92. The predicted octanol–water partition coefficient (Wildman–Crippen LogP) is 4.36. The second-order valence-corrected chi connectivity index (χ2v) is 9.83. The van der Waals surface area contributed by atoms with Gasteiger partial charge in [0.25, 0.3) is 10.0 Å². The summed E-state index contributed by atoms with van der Waals surface area (Å²) in [6.45, 7) is 0.434. The number of aliphatic hydroxyl groups is 1. The van der Waals surface area contributed by atoms with Crippen molar-refractivity contribution in [2.24, 2.45) is 0 Å². The smallest absolute Gasteiger partial charge is 0.305 e. The van der Waals surface area contributed by atoms with Gasteiger partial charge in [-0.25, -0.2) is 8.42 Å². The molecule has 0 saturated carbocycles. The zero-order chi connectivity index (χ0) is 25.1. The van der Waals surface area contributed by atoms with Crippen LogP contribution in [-0.4, -0.2) is 39.3 Å². The fourth-order valence-electron chi connectivity index (χ4n) is 3.64. The van der Waals surface area contributed by atoms with E-state index < -0.39 is 16.1 Å². The van der Waals surface area contributed by atoms with E-state index in [-0.39, 0.29) is 17.3 Å². The predicted molar refractivity (Wildman–Crippen MR) is 135 cm³/mol. The summed E-state index contributed by atoms with van der Waals surface area (Å²) in [5, 5.41) is 10.5. The Morgan fingerprint density at radius 1 is 1.00 bits per heavy atom. The lowest BCUT2D eigenvalue weighted by Gasteiger charge is -2.14. The van der Waals surface area contributed by atoms with Crippen molar-refractivity contribution in [1.82, 2.24) is 0 Å². The third-order valence-corrected chi connectivity index (χ3v) is 6.84. The minimum absolute atomic E-state index is 0.192. The van der Waals surface area contributed by atoms with Crippen LogP contribution in [0.1, 0.15) is 30.4 Å². The molecule has 0 amide bonds. The van der Waals surface area contributed by atoms with Gasteiger partial charge in [0.1, 0.15) is 5.75 Å². The third kappa shape index (κ3) is 8.42. The maximum Gasteiger partial charge on any atom is 0.305 e. The first kappa shape index (κ1) is 26.2. The van der Waals surface area contributed by atoms with E-state index in [0.717, 1.165) is 16.9 Å². The van der Waals surface area contributed by atoms with E-state index >= 15 is 0 Å². The number of hydrogen-bond donors (Lipinski definition) is 2. The summed E-state index contributed by atoms with van der Waals surface area (Å²) >= 11 is 0. The lowest BCUT2D eigenvalue weighted by atomic mass is 10.0. The molecule has 0 saturated heterocycles. The van der Waals surface area contributed by atoms with Gasteiger partial charge in [-0.1, -0.05) is 48.5 Å². The molecule has 0 fully saturated rings. The topological polar surface area (TPSA) is 102 Å². The van der Waals surface area contributed by atoms with E-state index in [1.165, 1.54) is 19.2 Å². The Morgan fingerprint density at radius 3 is 2.51 bits per heavy atom. The van der Waals surface area contributed by atoms with Gasteiger partial charge in [0.15, 0.2) is 0 Å². The first-order valence-corrected chi connectivity index (χ1v) is 13.0. The van der Waals surface area contributed by atoms with Gasteiger partial charge in [0.2, 0.25) is 0 Å². The largest absolute Gasteiger partial charge is 0.493 e. The molecule has 8 heteroatoms. The SMILES string of the molecule is COC(=O)CCc1ccccc1OCCCC(O)Cc1cccc(NS(=O)(=O)c2ccccc2)c1. The molecule has 3 aromatic carbocycles. The van der Waals surface area contributed by atoms with Crippen molar-refractivity contribution in [3.8, 4) is 5.75 Å². The highest BCUT2D eigenvalue weighted by atomic mass is 32.2. The van der Waals surface area contributed by atoms with Crippen LogP contribution in [0.2, 0.25) is 0 Å². The van der Waals surface area contributed by atoms with Crippen LogP contribution in [0.25, 0.3) is 0 Å². The van der Waals surface area contributed by atoms with E-state index in [4.69, 9.17) is 9.47 Å². The van der Waals surface area contributed by atoms with E-state index in [0.29, 0.717) is 38.0 Å². The van der Waals surface area contributed by atoms with Gasteiger partial charge in [0, 0.05) is 12.1 Å². The van der Waals surface area contributed by atoms with Crippen LogP contribution in [0.4, 0.5) is 5.69 Å². The van der Waals surface area contributed by atoms with Gasteiger partial charge >= 0.3 is 5.97 Å². The molecule has 0 aromatic heterocycles. The van der Waals surface area contributed by atoms with Gasteiger partial charge in [-0.05, 0) is 67.1 Å². The zero-order valence-electron chi connectivity index (χ0n) is 19.7. The molecule has 3 aromatic rings. The lowest BCUT2D eigenvalue weighted by Crippen LogP contribution is -2.14. The molecule has 0 bridgehead atoms. The Kier molecular flexibility index (Phi) is 9.69. The summed E-state index contributed by atoms with van der Waals surface area (Å²) in [6.07, 6.45) is 1.81. The Labute approximate surface area is 206 Å². The Morgan fingerprint density at radius 2 is 1.74 bits per heavy atom. The standard InChI is InChI=1S/C27H31NO6S/c1-33-27(30)17-16-22-10-5-6-15-26(22)34-18-8-12-24(29)20-21-9-7-11-23(19-21)28-35(31,32)25-13-3-2-4-14-25/h2-7,9-11,13-15,19,24,28-29H,8,12,16-18,20H2,1H3. The third-order valence-electron chi connectivity index (χ3n) is 5.44. The molecule has 2 N–H and O–H groups in total. The van der Waals surface area contributed by atoms with E-state index in [9.17, 15) is 18.3 Å². The molecular weight excluding hydrogens is 466 g/mol. The molecule has 0 radical (unpaired) electrons. The molecule has 0 heterocycles. The highest BCUT2D eigenvalue weighted by Gasteiger charge is 2.14. The first-order chi connectivity index (χ1) is 16.9. The first-order valence-electron chi connectivity index (χ1n) is 11.5. The summed E-state index contributed by atoms with van der Waals surface area (Å²) in [7, 11) is -2.30. The average molecular weight is 498 g/mol. The minimum Gasteiger partial charge on any atom is -0.493 e. The van der Waals surface area contributed by atoms with Crippen molar-refractivity contribution in [3.63, 3.8) is 0 Å². The Bertz CT molecular complexity index is 1200. The number of nitrogens with one attached hydrogen (secondary N) is 1. The fourth-order valence-corrected chi connectivity index (χ4v) is 4.71. The number of rotatable bonds is 13. The van der Waals surface area contributed by atoms with Crippen LogP contribution in [0, 0.1) is 0 Å². The van der Waals surface area contributed by atoms with E-state index in [1.807, 2.05) is 30.3 Å². The zero-order valence-corrected chi connectivity index (χ0v) is 20.5. The number of esters is 1. The van der Waals surface area contributed by atoms with Crippen LogP contribution in [0.5, 0.6) is 5.75 Å². The molecule has 35 heavy (non-hydrogen) atoms. The van der Waals surface area contributed by atoms with Crippen LogP contribution in [-0.2, 0) is 32.4 Å². The van der Waals surface area contributed by atoms with Gasteiger partial charge in [-0.3, -0.25) is 9.52 Å². The maximum atomic E-state index is 12.5.